The van der Waals surface area contributed by atoms with Crippen LogP contribution in [-0.4, -0.2) is 20.2 Å². The van der Waals surface area contributed by atoms with Crippen LogP contribution in [0, 0.1) is 0 Å². The van der Waals surface area contributed by atoms with Crippen molar-refractivity contribution in [3.63, 3.8) is 0 Å². The van der Waals surface area contributed by atoms with Crippen molar-refractivity contribution in [1.82, 2.24) is 20.2 Å². The second kappa shape index (κ2) is 8.26. The topological polar surface area (TPSA) is 66.5 Å². The summed E-state index contributed by atoms with van der Waals surface area (Å²) in [6.45, 7) is 0. The van der Waals surface area contributed by atoms with Crippen LogP contribution in [-0.2, 0) is 19.0 Å². The molecular formula is C24H22F3N5. The quantitative estimate of drug-likeness (QED) is 0.387. The fourth-order valence-electron chi connectivity index (χ4n) is 4.27. The molecule has 0 aliphatic heterocycles. The molecule has 0 saturated carbocycles. The second-order valence-corrected chi connectivity index (χ2v) is 8.02. The predicted octanol–water partition coefficient (Wildman–Crippen LogP) is 6.44. The normalized spacial score (nSPS) is 14.6. The molecule has 0 saturated heterocycles. The number of nitrogens with zero attached hydrogens (tertiary/aromatic N) is 3. The summed E-state index contributed by atoms with van der Waals surface area (Å²) in [7, 11) is 0. The fourth-order valence-corrected chi connectivity index (χ4v) is 4.27. The van der Waals surface area contributed by atoms with Gasteiger partial charge in [-0.1, -0.05) is 43.2 Å². The lowest BCUT2D eigenvalue weighted by molar-refractivity contribution is -0.137. The van der Waals surface area contributed by atoms with Crippen LogP contribution in [0.3, 0.4) is 0 Å². The summed E-state index contributed by atoms with van der Waals surface area (Å²) in [5.74, 6) is 1.21. The number of H-pyrrole nitrogens is 1. The Kier molecular flexibility index (Phi) is 5.28. The third kappa shape index (κ3) is 3.92. The number of aromatic nitrogens is 4. The summed E-state index contributed by atoms with van der Waals surface area (Å²) in [5.41, 5.74) is 1.90. The van der Waals surface area contributed by atoms with Crippen LogP contribution in [0.5, 0.6) is 0 Å². The highest BCUT2D eigenvalue weighted by molar-refractivity contribution is 5.91. The van der Waals surface area contributed by atoms with Gasteiger partial charge in [0.2, 0.25) is 0 Å². The highest BCUT2D eigenvalue weighted by Gasteiger charge is 2.34. The number of benzene rings is 2. The Labute approximate surface area is 183 Å². The highest BCUT2D eigenvalue weighted by atomic mass is 19.4. The van der Waals surface area contributed by atoms with E-state index in [2.05, 4.69) is 25.5 Å². The van der Waals surface area contributed by atoms with Gasteiger partial charge in [-0.2, -0.15) is 18.3 Å². The number of rotatable bonds is 3. The summed E-state index contributed by atoms with van der Waals surface area (Å²) in [6.07, 6.45) is 1.15. The number of anilines is 2. The van der Waals surface area contributed by atoms with Gasteiger partial charge in [0.15, 0.2) is 11.6 Å². The first-order valence-electron chi connectivity index (χ1n) is 10.8. The number of para-hydroxylation sites is 1. The largest absolute Gasteiger partial charge is 0.417 e. The van der Waals surface area contributed by atoms with Crippen molar-refractivity contribution in [3.05, 3.63) is 65.4 Å². The number of halogens is 3. The smallest absolute Gasteiger partial charge is 0.323 e. The lowest BCUT2D eigenvalue weighted by atomic mass is 9.96. The zero-order valence-electron chi connectivity index (χ0n) is 17.3. The lowest BCUT2D eigenvalue weighted by Crippen LogP contribution is -2.13. The van der Waals surface area contributed by atoms with E-state index in [1.54, 1.807) is 6.07 Å². The van der Waals surface area contributed by atoms with Crippen molar-refractivity contribution in [2.24, 2.45) is 0 Å². The van der Waals surface area contributed by atoms with E-state index >= 15 is 0 Å². The number of hydrogen-bond donors (Lipinski definition) is 2. The standard InChI is InChI=1S/C24H22F3N5/c25-24(26,27)18-12-7-5-9-15(18)21-28-19-13-4-2-1-3-10-16(19)22(29-21)30-23-17-11-6-8-14-20(17)31-32-23/h5-9,11-12,14H,1-4,10,13H2,(H2,28,29,30,31,32). The maximum Gasteiger partial charge on any atom is 0.417 e. The molecule has 1 aliphatic carbocycles. The molecule has 0 unspecified atom stereocenters. The minimum atomic E-state index is -4.49. The van der Waals surface area contributed by atoms with Crippen LogP contribution in [0.25, 0.3) is 22.3 Å². The van der Waals surface area contributed by atoms with E-state index in [9.17, 15) is 13.2 Å². The fraction of sp³-hybridized carbons (Fsp3) is 0.292. The number of nitrogens with one attached hydrogen (secondary N) is 2. The molecule has 1 aliphatic rings. The van der Waals surface area contributed by atoms with Gasteiger partial charge in [0.1, 0.15) is 5.82 Å². The van der Waals surface area contributed by atoms with Crippen molar-refractivity contribution in [1.29, 1.82) is 0 Å². The molecule has 164 valence electrons. The van der Waals surface area contributed by atoms with Gasteiger partial charge >= 0.3 is 6.18 Å². The van der Waals surface area contributed by atoms with Crippen molar-refractivity contribution in [2.45, 2.75) is 44.7 Å². The average Bonchev–Trinajstić information content (AvgIpc) is 3.17. The van der Waals surface area contributed by atoms with Gasteiger partial charge in [-0.3, -0.25) is 5.10 Å². The maximum atomic E-state index is 13.7. The number of fused-ring (bicyclic) bond motifs is 2. The predicted molar refractivity (Wildman–Crippen MR) is 118 cm³/mol. The highest BCUT2D eigenvalue weighted by Crippen LogP contribution is 2.37. The molecule has 2 aromatic heterocycles. The third-order valence-corrected chi connectivity index (χ3v) is 5.86. The van der Waals surface area contributed by atoms with Crippen LogP contribution in [0.1, 0.15) is 42.5 Å². The van der Waals surface area contributed by atoms with Gasteiger partial charge in [0.05, 0.1) is 11.1 Å². The first-order valence-corrected chi connectivity index (χ1v) is 10.8. The van der Waals surface area contributed by atoms with Crippen LogP contribution >= 0.6 is 0 Å². The molecule has 2 N–H and O–H groups in total. The zero-order chi connectivity index (χ0) is 22.1. The van der Waals surface area contributed by atoms with Gasteiger partial charge in [-0.15, -0.1) is 0 Å². The van der Waals surface area contributed by atoms with Crippen molar-refractivity contribution in [2.75, 3.05) is 5.32 Å². The van der Waals surface area contributed by atoms with Gasteiger partial charge in [-0.25, -0.2) is 9.97 Å². The number of alkyl halides is 3. The molecule has 32 heavy (non-hydrogen) atoms. The van der Waals surface area contributed by atoms with E-state index in [0.29, 0.717) is 11.6 Å². The summed E-state index contributed by atoms with van der Waals surface area (Å²) >= 11 is 0. The Hall–Kier alpha value is -3.42. The van der Waals surface area contributed by atoms with Gasteiger partial charge in [-0.05, 0) is 43.9 Å². The van der Waals surface area contributed by atoms with E-state index in [1.807, 2.05) is 24.3 Å². The summed E-state index contributed by atoms with van der Waals surface area (Å²) in [5, 5.41) is 11.5. The molecule has 0 bridgehead atoms. The van der Waals surface area contributed by atoms with Gasteiger partial charge in [0.25, 0.3) is 0 Å². The van der Waals surface area contributed by atoms with Gasteiger partial charge < -0.3 is 5.32 Å². The molecule has 2 heterocycles. The van der Waals surface area contributed by atoms with E-state index in [1.165, 1.54) is 12.1 Å². The third-order valence-electron chi connectivity index (χ3n) is 5.86. The number of aromatic amines is 1. The molecule has 5 nitrogen and oxygen atoms in total. The Morgan fingerprint density at radius 3 is 2.41 bits per heavy atom. The van der Waals surface area contributed by atoms with E-state index < -0.39 is 11.7 Å². The van der Waals surface area contributed by atoms with E-state index in [0.717, 1.165) is 66.8 Å². The number of hydrogen-bond acceptors (Lipinski definition) is 4. The average molecular weight is 437 g/mol. The monoisotopic (exact) mass is 437 g/mol. The molecule has 0 radical (unpaired) electrons. The molecule has 0 amide bonds. The Balaban J connectivity index is 1.66. The Morgan fingerprint density at radius 2 is 1.56 bits per heavy atom. The molecular weight excluding hydrogens is 415 g/mol. The maximum absolute atomic E-state index is 13.7. The summed E-state index contributed by atoms with van der Waals surface area (Å²) in [6, 6.07) is 13.2. The molecule has 0 fully saturated rings. The minimum Gasteiger partial charge on any atom is -0.323 e. The summed E-state index contributed by atoms with van der Waals surface area (Å²) < 4.78 is 41.1. The van der Waals surface area contributed by atoms with E-state index in [-0.39, 0.29) is 11.4 Å². The minimum absolute atomic E-state index is 0.0141. The molecule has 5 rings (SSSR count). The zero-order valence-corrected chi connectivity index (χ0v) is 17.3. The molecule has 0 spiro atoms. The van der Waals surface area contributed by atoms with Gasteiger partial charge in [0, 0.05) is 22.2 Å². The van der Waals surface area contributed by atoms with Crippen molar-refractivity contribution in [3.8, 4) is 11.4 Å². The van der Waals surface area contributed by atoms with Crippen LogP contribution in [0.2, 0.25) is 0 Å². The summed E-state index contributed by atoms with van der Waals surface area (Å²) in [4.78, 5) is 9.24. The lowest BCUT2D eigenvalue weighted by Gasteiger charge is -2.19. The first-order chi connectivity index (χ1) is 15.5. The number of aryl methyl sites for hydroxylation is 1. The van der Waals surface area contributed by atoms with Crippen LogP contribution in [0.15, 0.2) is 48.5 Å². The second-order valence-electron chi connectivity index (χ2n) is 8.02. The molecule has 2 aromatic carbocycles. The first kappa shape index (κ1) is 20.5. The molecule has 8 heteroatoms. The molecule has 0 atom stereocenters. The van der Waals surface area contributed by atoms with Crippen molar-refractivity contribution >= 4 is 22.5 Å². The van der Waals surface area contributed by atoms with Crippen LogP contribution < -0.4 is 5.32 Å². The van der Waals surface area contributed by atoms with E-state index in [4.69, 9.17) is 0 Å². The van der Waals surface area contributed by atoms with Crippen LogP contribution in [0.4, 0.5) is 24.8 Å². The molecule has 4 aromatic rings. The Morgan fingerprint density at radius 1 is 0.812 bits per heavy atom. The van der Waals surface area contributed by atoms with Crippen molar-refractivity contribution < 1.29 is 13.2 Å². The Bertz CT molecular complexity index is 1260. The SMILES string of the molecule is FC(F)(F)c1ccccc1-c1nc2c(c(Nc3n[nH]c4ccccc34)n1)CCCCCC2.